The first-order valence-corrected chi connectivity index (χ1v) is 8.13. The summed E-state index contributed by atoms with van der Waals surface area (Å²) in [6.07, 6.45) is 0. The maximum Gasteiger partial charge on any atom is 0.257 e. The first-order valence-electron chi connectivity index (χ1n) is 6.46. The number of nitrogens with zero attached hydrogens (tertiary/aromatic N) is 4. The minimum absolute atomic E-state index is 0.210. The van der Waals surface area contributed by atoms with Crippen molar-refractivity contribution in [3.05, 3.63) is 51.2 Å². The van der Waals surface area contributed by atoms with Crippen LogP contribution < -0.4 is 5.32 Å². The number of hydrogen-bond donors (Lipinski definition) is 1. The number of anilines is 1. The summed E-state index contributed by atoms with van der Waals surface area (Å²) in [5.74, 6) is -0.210. The van der Waals surface area contributed by atoms with Gasteiger partial charge < -0.3 is 0 Å². The number of carbonyl (C=O) groups is 1. The molecule has 0 spiro atoms. The van der Waals surface area contributed by atoms with Crippen LogP contribution in [0, 0.1) is 13.8 Å². The van der Waals surface area contributed by atoms with E-state index in [4.69, 9.17) is 0 Å². The zero-order valence-corrected chi connectivity index (χ0v) is 14.3. The van der Waals surface area contributed by atoms with Crippen LogP contribution in [0.1, 0.15) is 21.7 Å². The zero-order chi connectivity index (χ0) is 15.7. The topological polar surface area (TPSA) is 72.7 Å². The van der Waals surface area contributed by atoms with Crippen LogP contribution in [-0.4, -0.2) is 25.9 Å². The Morgan fingerprint density at radius 3 is 2.55 bits per heavy atom. The number of aromatic nitrogens is 4. The smallest absolute Gasteiger partial charge is 0.257 e. The Bertz CT molecular complexity index is 811. The molecule has 3 aromatic rings. The van der Waals surface area contributed by atoms with E-state index < -0.39 is 0 Å². The van der Waals surface area contributed by atoms with Gasteiger partial charge in [-0.15, -0.1) is 10.2 Å². The van der Waals surface area contributed by atoms with E-state index in [1.807, 2.05) is 30.7 Å². The van der Waals surface area contributed by atoms with E-state index in [9.17, 15) is 4.79 Å². The zero-order valence-electron chi connectivity index (χ0n) is 11.9. The van der Waals surface area contributed by atoms with Gasteiger partial charge in [-0.3, -0.25) is 10.1 Å². The SMILES string of the molecule is Cc1nn(-c2ccc(C(=O)Nc3nncs3)cc2)c(C)c1Br. The third-order valence-corrected chi connectivity index (χ3v) is 4.91. The molecule has 0 bridgehead atoms. The molecule has 0 saturated carbocycles. The highest BCUT2D eigenvalue weighted by Crippen LogP contribution is 2.23. The van der Waals surface area contributed by atoms with Crippen molar-refractivity contribution >= 4 is 38.3 Å². The highest BCUT2D eigenvalue weighted by Gasteiger charge is 2.12. The highest BCUT2D eigenvalue weighted by atomic mass is 79.9. The Balaban J connectivity index is 1.83. The van der Waals surface area contributed by atoms with E-state index in [0.29, 0.717) is 10.7 Å². The van der Waals surface area contributed by atoms with E-state index in [1.165, 1.54) is 11.3 Å². The van der Waals surface area contributed by atoms with Crippen LogP contribution in [0.4, 0.5) is 5.13 Å². The molecule has 2 aromatic heterocycles. The van der Waals surface area contributed by atoms with Crippen molar-refractivity contribution in [1.82, 2.24) is 20.0 Å². The number of hydrogen-bond acceptors (Lipinski definition) is 5. The molecule has 0 aliphatic carbocycles. The summed E-state index contributed by atoms with van der Waals surface area (Å²) in [6.45, 7) is 3.93. The number of halogens is 1. The van der Waals surface area contributed by atoms with Crippen molar-refractivity contribution in [2.75, 3.05) is 5.32 Å². The number of aryl methyl sites for hydroxylation is 1. The molecule has 0 unspecified atom stereocenters. The van der Waals surface area contributed by atoms with Gasteiger partial charge >= 0.3 is 0 Å². The minimum atomic E-state index is -0.210. The fourth-order valence-electron chi connectivity index (χ4n) is 2.03. The Labute approximate surface area is 139 Å². The van der Waals surface area contributed by atoms with E-state index >= 15 is 0 Å². The summed E-state index contributed by atoms with van der Waals surface area (Å²) in [7, 11) is 0. The predicted octanol–water partition coefficient (Wildman–Crippen LogP) is 3.36. The van der Waals surface area contributed by atoms with Crippen molar-refractivity contribution in [2.24, 2.45) is 0 Å². The van der Waals surface area contributed by atoms with Crippen LogP contribution >= 0.6 is 27.3 Å². The minimum Gasteiger partial charge on any atom is -0.296 e. The third kappa shape index (κ3) is 2.79. The highest BCUT2D eigenvalue weighted by molar-refractivity contribution is 9.10. The van der Waals surface area contributed by atoms with Gasteiger partial charge in [0.25, 0.3) is 5.91 Å². The first-order chi connectivity index (χ1) is 10.6. The van der Waals surface area contributed by atoms with E-state index in [-0.39, 0.29) is 5.91 Å². The average Bonchev–Trinajstić information content (AvgIpc) is 3.12. The second-order valence-corrected chi connectivity index (χ2v) is 6.27. The summed E-state index contributed by atoms with van der Waals surface area (Å²) < 4.78 is 2.83. The fourth-order valence-corrected chi connectivity index (χ4v) is 2.71. The van der Waals surface area contributed by atoms with Crippen LogP contribution in [0.5, 0.6) is 0 Å². The third-order valence-electron chi connectivity index (χ3n) is 3.16. The van der Waals surface area contributed by atoms with Crippen molar-refractivity contribution < 1.29 is 4.79 Å². The number of amides is 1. The number of rotatable bonds is 3. The molecule has 1 amide bonds. The van der Waals surface area contributed by atoms with E-state index in [0.717, 1.165) is 21.5 Å². The van der Waals surface area contributed by atoms with Crippen molar-refractivity contribution in [1.29, 1.82) is 0 Å². The lowest BCUT2D eigenvalue weighted by molar-refractivity contribution is 0.102. The second kappa shape index (κ2) is 5.98. The molecule has 8 heteroatoms. The molecule has 112 valence electrons. The Hall–Kier alpha value is -2.06. The summed E-state index contributed by atoms with van der Waals surface area (Å²) in [4.78, 5) is 12.1. The van der Waals surface area contributed by atoms with E-state index in [1.54, 1.807) is 17.6 Å². The van der Waals surface area contributed by atoms with Gasteiger partial charge in [-0.05, 0) is 54.0 Å². The lowest BCUT2D eigenvalue weighted by atomic mass is 10.2. The number of nitrogens with one attached hydrogen (secondary N) is 1. The molecular weight excluding hydrogens is 366 g/mol. The van der Waals surface area contributed by atoms with Crippen molar-refractivity contribution in [3.8, 4) is 5.69 Å². The first kappa shape index (κ1) is 14.9. The van der Waals surface area contributed by atoms with Crippen molar-refractivity contribution in [3.63, 3.8) is 0 Å². The number of benzene rings is 1. The predicted molar refractivity (Wildman–Crippen MR) is 88.6 cm³/mol. The molecule has 0 radical (unpaired) electrons. The Morgan fingerprint density at radius 2 is 2.00 bits per heavy atom. The van der Waals surface area contributed by atoms with Crippen LogP contribution in [0.25, 0.3) is 5.69 Å². The van der Waals surface area contributed by atoms with Gasteiger partial charge in [-0.25, -0.2) is 4.68 Å². The second-order valence-electron chi connectivity index (χ2n) is 4.64. The van der Waals surface area contributed by atoms with Gasteiger partial charge in [-0.2, -0.15) is 5.10 Å². The van der Waals surface area contributed by atoms with Gasteiger partial charge in [0.05, 0.1) is 21.5 Å². The Morgan fingerprint density at radius 1 is 1.27 bits per heavy atom. The molecule has 0 aliphatic heterocycles. The molecule has 0 aliphatic rings. The molecule has 1 aromatic carbocycles. The average molecular weight is 378 g/mol. The molecule has 0 saturated heterocycles. The summed E-state index contributed by atoms with van der Waals surface area (Å²) in [5.41, 5.74) is 4.97. The normalized spacial score (nSPS) is 10.7. The van der Waals surface area contributed by atoms with Crippen molar-refractivity contribution in [2.45, 2.75) is 13.8 Å². The van der Waals surface area contributed by atoms with Crippen LogP contribution in [0.2, 0.25) is 0 Å². The molecule has 3 rings (SSSR count). The van der Waals surface area contributed by atoms with Gasteiger partial charge in [0.2, 0.25) is 5.13 Å². The molecule has 6 nitrogen and oxygen atoms in total. The standard InChI is InChI=1S/C14H12BrN5OS/c1-8-12(15)9(2)20(19-8)11-5-3-10(4-6-11)13(21)17-14-18-16-7-22-14/h3-7H,1-2H3,(H,17,18,21). The summed E-state index contributed by atoms with van der Waals surface area (Å²) >= 11 is 4.79. The molecule has 2 heterocycles. The monoisotopic (exact) mass is 377 g/mol. The van der Waals surface area contributed by atoms with Gasteiger partial charge in [0.1, 0.15) is 5.51 Å². The molecule has 0 fully saturated rings. The van der Waals surface area contributed by atoms with Gasteiger partial charge in [-0.1, -0.05) is 11.3 Å². The quantitative estimate of drug-likeness (QED) is 0.759. The Kier molecular flexibility index (Phi) is 4.04. The van der Waals surface area contributed by atoms with E-state index in [2.05, 4.69) is 36.5 Å². The number of carbonyl (C=O) groups excluding carboxylic acids is 1. The van der Waals surface area contributed by atoms with Crippen LogP contribution in [0.15, 0.2) is 34.2 Å². The molecule has 22 heavy (non-hydrogen) atoms. The van der Waals surface area contributed by atoms with Gasteiger partial charge in [0, 0.05) is 5.56 Å². The summed E-state index contributed by atoms with van der Waals surface area (Å²) in [5, 5.41) is 15.1. The van der Waals surface area contributed by atoms with Crippen LogP contribution in [-0.2, 0) is 0 Å². The van der Waals surface area contributed by atoms with Crippen LogP contribution in [0.3, 0.4) is 0 Å². The molecular formula is C14H12BrN5OS. The molecule has 1 N–H and O–H groups in total. The largest absolute Gasteiger partial charge is 0.296 e. The lowest BCUT2D eigenvalue weighted by Crippen LogP contribution is -2.12. The lowest BCUT2D eigenvalue weighted by Gasteiger charge is -2.06. The fraction of sp³-hybridized carbons (Fsp3) is 0.143. The maximum atomic E-state index is 12.1. The van der Waals surface area contributed by atoms with Gasteiger partial charge in [0.15, 0.2) is 0 Å². The molecule has 0 atom stereocenters. The summed E-state index contributed by atoms with van der Waals surface area (Å²) in [6, 6.07) is 7.24. The maximum absolute atomic E-state index is 12.1.